The molecule has 0 atom stereocenters. The van der Waals surface area contributed by atoms with Crippen LogP contribution in [0.25, 0.3) is 0 Å². The summed E-state index contributed by atoms with van der Waals surface area (Å²) in [4.78, 5) is 11.1. The Kier molecular flexibility index (Phi) is 9.77. The van der Waals surface area contributed by atoms with Gasteiger partial charge >= 0.3 is 0 Å². The quantitative estimate of drug-likeness (QED) is 0.342. The molecule has 1 aromatic heterocycles. The van der Waals surface area contributed by atoms with Crippen LogP contribution in [-0.4, -0.2) is 49.1 Å². The summed E-state index contributed by atoms with van der Waals surface area (Å²) in [6, 6.07) is 9.56. The normalized spacial score (nSPS) is 15.4. The number of benzene rings is 1. The maximum atomic E-state index is 13.9. The number of pyridine rings is 1. The molecule has 0 amide bonds. The van der Waals surface area contributed by atoms with Gasteiger partial charge in [-0.05, 0) is 49.1 Å². The van der Waals surface area contributed by atoms with Crippen LogP contribution in [-0.2, 0) is 13.1 Å². The van der Waals surface area contributed by atoms with Gasteiger partial charge in [0.25, 0.3) is 0 Å². The average Bonchev–Trinajstić information content (AvgIpc) is 2.73. The Morgan fingerprint density at radius 2 is 2.07 bits per heavy atom. The van der Waals surface area contributed by atoms with E-state index in [1.807, 2.05) is 18.3 Å². The molecule has 3 rings (SSSR count). The lowest BCUT2D eigenvalue weighted by molar-refractivity contribution is 0.198. The third-order valence-electron chi connectivity index (χ3n) is 5.32. The van der Waals surface area contributed by atoms with Gasteiger partial charge in [-0.3, -0.25) is 14.9 Å². The molecule has 1 aromatic carbocycles. The van der Waals surface area contributed by atoms with Crippen molar-refractivity contribution in [2.75, 3.05) is 27.2 Å². The number of hydrogen-bond acceptors (Lipinski definition) is 4. The molecule has 30 heavy (non-hydrogen) atoms. The second-order valence-electron chi connectivity index (χ2n) is 7.36. The van der Waals surface area contributed by atoms with E-state index in [9.17, 15) is 4.39 Å². The van der Waals surface area contributed by atoms with Gasteiger partial charge in [-0.2, -0.15) is 0 Å². The van der Waals surface area contributed by atoms with E-state index in [0.717, 1.165) is 49.7 Å². The number of halogens is 2. The van der Waals surface area contributed by atoms with Crippen LogP contribution in [0, 0.1) is 12.7 Å². The van der Waals surface area contributed by atoms with Crippen molar-refractivity contribution in [1.29, 1.82) is 0 Å². The van der Waals surface area contributed by atoms with E-state index >= 15 is 0 Å². The fourth-order valence-electron chi connectivity index (χ4n) is 3.56. The molecule has 2 heterocycles. The second-order valence-corrected chi connectivity index (χ2v) is 7.36. The summed E-state index contributed by atoms with van der Waals surface area (Å²) in [6.07, 6.45) is 3.84. The zero-order valence-corrected chi connectivity index (χ0v) is 20.2. The number of methoxy groups -OCH3 is 1. The first-order chi connectivity index (χ1) is 14.1. The summed E-state index contributed by atoms with van der Waals surface area (Å²) in [7, 11) is 3.27. The zero-order valence-electron chi connectivity index (χ0n) is 17.8. The highest BCUT2D eigenvalue weighted by molar-refractivity contribution is 14.0. The monoisotopic (exact) mass is 527 g/mol. The number of likely N-dealkylation sites (tertiary alicyclic amines) is 1. The van der Waals surface area contributed by atoms with Crippen molar-refractivity contribution in [3.05, 3.63) is 59.2 Å². The van der Waals surface area contributed by atoms with Crippen LogP contribution < -0.4 is 15.4 Å². The largest absolute Gasteiger partial charge is 0.494 e. The number of aryl methyl sites for hydroxylation is 1. The number of aliphatic imine (C=N–C) groups is 1. The molecule has 1 saturated heterocycles. The topological polar surface area (TPSA) is 61.8 Å². The summed E-state index contributed by atoms with van der Waals surface area (Å²) in [5.41, 5.74) is 3.16. The van der Waals surface area contributed by atoms with Gasteiger partial charge in [0.05, 0.1) is 19.3 Å². The predicted molar refractivity (Wildman–Crippen MR) is 129 cm³/mol. The van der Waals surface area contributed by atoms with E-state index in [2.05, 4.69) is 38.5 Å². The van der Waals surface area contributed by atoms with Gasteiger partial charge in [-0.25, -0.2) is 4.39 Å². The SMILES string of the molecule is CN=C(NCc1ncccc1C)NC1CCN(Cc2ccc(OC)c(F)c2)CC1.I. The van der Waals surface area contributed by atoms with Crippen LogP contribution in [0.3, 0.4) is 0 Å². The summed E-state index contributed by atoms with van der Waals surface area (Å²) < 4.78 is 18.9. The van der Waals surface area contributed by atoms with E-state index in [-0.39, 0.29) is 35.5 Å². The fourth-order valence-corrected chi connectivity index (χ4v) is 3.56. The third kappa shape index (κ3) is 6.80. The molecule has 0 bridgehead atoms. The van der Waals surface area contributed by atoms with E-state index in [1.165, 1.54) is 12.7 Å². The second kappa shape index (κ2) is 12.0. The summed E-state index contributed by atoms with van der Waals surface area (Å²) in [5.74, 6) is 0.779. The fraction of sp³-hybridized carbons (Fsp3) is 0.455. The van der Waals surface area contributed by atoms with Crippen LogP contribution >= 0.6 is 24.0 Å². The van der Waals surface area contributed by atoms with Crippen molar-refractivity contribution >= 4 is 29.9 Å². The van der Waals surface area contributed by atoms with Gasteiger partial charge < -0.3 is 15.4 Å². The lowest BCUT2D eigenvalue weighted by atomic mass is 10.0. The first kappa shape index (κ1) is 24.3. The standard InChI is InChI=1S/C22H30FN5O.HI/c1-16-5-4-10-25-20(16)14-26-22(24-2)27-18-8-11-28(12-9-18)15-17-6-7-21(29-3)19(23)13-17;/h4-7,10,13,18H,8-9,11-12,14-15H2,1-3H3,(H2,24,26,27);1H. The predicted octanol–water partition coefficient (Wildman–Crippen LogP) is 3.49. The smallest absolute Gasteiger partial charge is 0.191 e. The number of piperidine rings is 1. The van der Waals surface area contributed by atoms with E-state index in [0.29, 0.717) is 12.6 Å². The Bertz CT molecular complexity index is 840. The number of nitrogens with one attached hydrogen (secondary N) is 2. The molecular formula is C22H31FIN5O. The maximum Gasteiger partial charge on any atom is 0.191 e. The minimum Gasteiger partial charge on any atom is -0.494 e. The Hall–Kier alpha value is -1.94. The molecule has 0 saturated carbocycles. The number of aromatic nitrogens is 1. The highest BCUT2D eigenvalue weighted by Crippen LogP contribution is 2.20. The number of guanidine groups is 1. The van der Waals surface area contributed by atoms with Crippen molar-refractivity contribution < 1.29 is 9.13 Å². The van der Waals surface area contributed by atoms with Crippen molar-refractivity contribution in [3.8, 4) is 5.75 Å². The number of rotatable bonds is 6. The third-order valence-corrected chi connectivity index (χ3v) is 5.32. The van der Waals surface area contributed by atoms with Crippen LogP contribution in [0.4, 0.5) is 4.39 Å². The Labute approximate surface area is 195 Å². The van der Waals surface area contributed by atoms with Crippen LogP contribution in [0.15, 0.2) is 41.5 Å². The van der Waals surface area contributed by atoms with E-state index < -0.39 is 0 Å². The van der Waals surface area contributed by atoms with E-state index in [4.69, 9.17) is 4.74 Å². The molecule has 0 spiro atoms. The van der Waals surface area contributed by atoms with Crippen LogP contribution in [0.5, 0.6) is 5.75 Å². The summed E-state index contributed by atoms with van der Waals surface area (Å²) >= 11 is 0. The molecular weight excluding hydrogens is 496 g/mol. The van der Waals surface area contributed by atoms with Gasteiger partial charge in [0.2, 0.25) is 0 Å². The van der Waals surface area contributed by atoms with Crippen molar-refractivity contribution in [2.24, 2.45) is 4.99 Å². The zero-order chi connectivity index (χ0) is 20.6. The molecule has 164 valence electrons. The minimum absolute atomic E-state index is 0. The number of ether oxygens (including phenoxy) is 1. The summed E-state index contributed by atoms with van der Waals surface area (Å²) in [5, 5.41) is 6.86. The highest BCUT2D eigenvalue weighted by Gasteiger charge is 2.20. The Morgan fingerprint density at radius 3 is 2.70 bits per heavy atom. The summed E-state index contributed by atoms with van der Waals surface area (Å²) in [6.45, 7) is 5.38. The van der Waals surface area contributed by atoms with E-state index in [1.54, 1.807) is 19.2 Å². The first-order valence-corrected chi connectivity index (χ1v) is 10.0. The molecule has 2 N–H and O–H groups in total. The van der Waals surface area contributed by atoms with Crippen molar-refractivity contribution in [2.45, 2.75) is 38.9 Å². The molecule has 8 heteroatoms. The lowest BCUT2D eigenvalue weighted by Gasteiger charge is -2.33. The minimum atomic E-state index is -0.306. The molecule has 0 aliphatic carbocycles. The molecule has 0 radical (unpaired) electrons. The van der Waals surface area contributed by atoms with Gasteiger partial charge in [0.15, 0.2) is 17.5 Å². The number of hydrogen-bond donors (Lipinski definition) is 2. The maximum absolute atomic E-state index is 13.9. The van der Waals surface area contributed by atoms with Gasteiger partial charge in [0.1, 0.15) is 0 Å². The molecule has 2 aromatic rings. The first-order valence-electron chi connectivity index (χ1n) is 10.0. The molecule has 1 fully saturated rings. The van der Waals surface area contributed by atoms with Gasteiger partial charge in [0, 0.05) is 38.9 Å². The van der Waals surface area contributed by atoms with Gasteiger partial charge in [-0.15, -0.1) is 24.0 Å². The molecule has 1 aliphatic rings. The van der Waals surface area contributed by atoms with Gasteiger partial charge in [-0.1, -0.05) is 12.1 Å². The number of nitrogens with zero attached hydrogens (tertiary/aromatic N) is 3. The highest BCUT2D eigenvalue weighted by atomic mass is 127. The Morgan fingerprint density at radius 1 is 1.30 bits per heavy atom. The van der Waals surface area contributed by atoms with Crippen LogP contribution in [0.2, 0.25) is 0 Å². The lowest BCUT2D eigenvalue weighted by Crippen LogP contribution is -2.48. The molecule has 6 nitrogen and oxygen atoms in total. The van der Waals surface area contributed by atoms with Crippen molar-refractivity contribution in [3.63, 3.8) is 0 Å². The van der Waals surface area contributed by atoms with Crippen LogP contribution in [0.1, 0.15) is 29.7 Å². The van der Waals surface area contributed by atoms with Crippen molar-refractivity contribution in [1.82, 2.24) is 20.5 Å². The average molecular weight is 527 g/mol. The Balaban J connectivity index is 0.00000320. The molecule has 1 aliphatic heterocycles. The molecule has 0 unspecified atom stereocenters.